The number of fused-ring (bicyclic) bond motifs is 1. The van der Waals surface area contributed by atoms with Crippen molar-refractivity contribution >= 4 is 0 Å². The van der Waals surface area contributed by atoms with Crippen molar-refractivity contribution in [2.45, 2.75) is 70.1 Å². The van der Waals surface area contributed by atoms with Gasteiger partial charge in [0.1, 0.15) is 11.4 Å². The van der Waals surface area contributed by atoms with Crippen LogP contribution in [0.15, 0.2) is 18.2 Å². The van der Waals surface area contributed by atoms with E-state index in [1.54, 1.807) is 0 Å². The molecule has 4 nitrogen and oxygen atoms in total. The van der Waals surface area contributed by atoms with Crippen molar-refractivity contribution in [1.29, 1.82) is 0 Å². The lowest BCUT2D eigenvalue weighted by molar-refractivity contribution is -0.0358. The van der Waals surface area contributed by atoms with Gasteiger partial charge in [0.05, 0.1) is 0 Å². The average molecular weight is 359 g/mol. The molecule has 0 amide bonds. The van der Waals surface area contributed by atoms with Crippen molar-refractivity contribution in [3.63, 3.8) is 0 Å². The topological polar surface area (TPSA) is 33.7 Å². The van der Waals surface area contributed by atoms with Crippen molar-refractivity contribution in [3.8, 4) is 5.75 Å². The lowest BCUT2D eigenvalue weighted by atomic mass is 9.86. The molecule has 0 aromatic heterocycles. The molecule has 1 aromatic rings. The third-order valence-corrected chi connectivity index (χ3v) is 6.36. The molecular weight excluding hydrogens is 324 g/mol. The van der Waals surface area contributed by atoms with Gasteiger partial charge < -0.3 is 14.8 Å². The maximum Gasteiger partial charge on any atom is 0.123 e. The summed E-state index contributed by atoms with van der Waals surface area (Å²) < 4.78 is 11.7. The molecule has 3 aliphatic rings. The summed E-state index contributed by atoms with van der Waals surface area (Å²) in [6, 6.07) is 6.69. The van der Waals surface area contributed by atoms with Gasteiger partial charge in [0, 0.05) is 38.3 Å². The van der Waals surface area contributed by atoms with Gasteiger partial charge in [-0.2, -0.15) is 0 Å². The Balaban J connectivity index is 1.38. The van der Waals surface area contributed by atoms with Crippen LogP contribution < -0.4 is 10.1 Å². The molecular formula is C22H34N2O2. The first-order chi connectivity index (χ1) is 12.6. The van der Waals surface area contributed by atoms with E-state index in [9.17, 15) is 0 Å². The maximum atomic E-state index is 6.00. The van der Waals surface area contributed by atoms with E-state index in [-0.39, 0.29) is 5.60 Å². The van der Waals surface area contributed by atoms with Crippen molar-refractivity contribution in [2.75, 3.05) is 32.8 Å². The summed E-state index contributed by atoms with van der Waals surface area (Å²) in [4.78, 5) is 2.76. The number of hydrogen-bond donors (Lipinski definition) is 1. The first-order valence-electron chi connectivity index (χ1n) is 10.4. The van der Waals surface area contributed by atoms with Gasteiger partial charge in [-0.15, -0.1) is 0 Å². The van der Waals surface area contributed by atoms with Gasteiger partial charge in [0.2, 0.25) is 0 Å². The molecule has 3 aliphatic heterocycles. The van der Waals surface area contributed by atoms with Crippen LogP contribution in [0.25, 0.3) is 0 Å². The number of likely N-dealkylation sites (tertiary alicyclic amines) is 1. The molecule has 1 aromatic carbocycles. The number of rotatable bonds is 5. The molecule has 0 bridgehead atoms. The standard InChI is InChI=1S/C22H34N2O2/c1-21(2)15-19-14-18(6-7-20(19)26-21)16-23-17-22(8-12-25-13-9-22)24-10-4-3-5-11-24/h6-7,14,23H,3-5,8-13,15-17H2,1-2H3. The summed E-state index contributed by atoms with van der Waals surface area (Å²) in [6.45, 7) is 10.7. The summed E-state index contributed by atoms with van der Waals surface area (Å²) in [5.41, 5.74) is 2.95. The summed E-state index contributed by atoms with van der Waals surface area (Å²) in [7, 11) is 0. The Morgan fingerprint density at radius 3 is 2.62 bits per heavy atom. The van der Waals surface area contributed by atoms with Crippen LogP contribution in [0.1, 0.15) is 57.1 Å². The Labute approximate surface area is 158 Å². The molecule has 4 rings (SSSR count). The quantitative estimate of drug-likeness (QED) is 0.873. The molecule has 26 heavy (non-hydrogen) atoms. The predicted octanol–water partition coefficient (Wildman–Crippen LogP) is 3.52. The predicted molar refractivity (Wildman–Crippen MR) is 105 cm³/mol. The van der Waals surface area contributed by atoms with Crippen molar-refractivity contribution in [3.05, 3.63) is 29.3 Å². The lowest BCUT2D eigenvalue weighted by Gasteiger charge is -2.48. The Morgan fingerprint density at radius 2 is 1.85 bits per heavy atom. The maximum absolute atomic E-state index is 6.00. The highest BCUT2D eigenvalue weighted by Crippen LogP contribution is 2.35. The van der Waals surface area contributed by atoms with E-state index in [4.69, 9.17) is 9.47 Å². The third-order valence-electron chi connectivity index (χ3n) is 6.36. The highest BCUT2D eigenvalue weighted by atomic mass is 16.5. The van der Waals surface area contributed by atoms with Gasteiger partial charge in [-0.05, 0) is 69.8 Å². The SMILES string of the molecule is CC1(C)Cc2cc(CNCC3(N4CCCCC4)CCOCC3)ccc2O1. The monoisotopic (exact) mass is 358 g/mol. The van der Waals surface area contributed by atoms with E-state index in [1.807, 2.05) is 0 Å². The minimum Gasteiger partial charge on any atom is -0.487 e. The van der Waals surface area contributed by atoms with Gasteiger partial charge in [-0.25, -0.2) is 0 Å². The minimum atomic E-state index is -0.0607. The second-order valence-electron chi connectivity index (χ2n) is 8.97. The molecule has 1 N–H and O–H groups in total. The zero-order valence-corrected chi connectivity index (χ0v) is 16.5. The Hall–Kier alpha value is -1.10. The summed E-state index contributed by atoms with van der Waals surface area (Å²) in [5, 5.41) is 3.78. The highest BCUT2D eigenvalue weighted by Gasteiger charge is 2.38. The number of piperidine rings is 1. The van der Waals surface area contributed by atoms with Gasteiger partial charge in [-0.3, -0.25) is 4.90 Å². The van der Waals surface area contributed by atoms with Crippen LogP contribution in [0.3, 0.4) is 0 Å². The largest absolute Gasteiger partial charge is 0.487 e. The minimum absolute atomic E-state index is 0.0607. The first kappa shape index (κ1) is 18.3. The highest BCUT2D eigenvalue weighted by molar-refractivity contribution is 5.41. The molecule has 2 saturated heterocycles. The van der Waals surface area contributed by atoms with E-state index >= 15 is 0 Å². The zero-order chi connectivity index (χ0) is 18.0. The third kappa shape index (κ3) is 3.92. The van der Waals surface area contributed by atoms with Crippen LogP contribution in [-0.4, -0.2) is 48.9 Å². The summed E-state index contributed by atoms with van der Waals surface area (Å²) in [5.74, 6) is 1.06. The fourth-order valence-electron chi connectivity index (χ4n) is 4.94. The molecule has 0 unspecified atom stereocenters. The number of nitrogens with one attached hydrogen (secondary N) is 1. The fraction of sp³-hybridized carbons (Fsp3) is 0.727. The second-order valence-corrected chi connectivity index (χ2v) is 8.97. The molecule has 0 spiro atoms. The second kappa shape index (κ2) is 7.49. The van der Waals surface area contributed by atoms with Gasteiger partial charge in [-0.1, -0.05) is 18.6 Å². The molecule has 0 atom stereocenters. The Morgan fingerprint density at radius 1 is 1.08 bits per heavy atom. The van der Waals surface area contributed by atoms with Crippen LogP contribution in [0, 0.1) is 0 Å². The van der Waals surface area contributed by atoms with E-state index in [2.05, 4.69) is 42.3 Å². The summed E-state index contributed by atoms with van der Waals surface area (Å²) in [6.07, 6.45) is 7.42. The van der Waals surface area contributed by atoms with Crippen LogP contribution in [-0.2, 0) is 17.7 Å². The van der Waals surface area contributed by atoms with Gasteiger partial charge in [0.15, 0.2) is 0 Å². The number of nitrogens with zero attached hydrogens (tertiary/aromatic N) is 1. The van der Waals surface area contributed by atoms with Crippen LogP contribution >= 0.6 is 0 Å². The van der Waals surface area contributed by atoms with Crippen molar-refractivity contribution in [2.24, 2.45) is 0 Å². The van der Waals surface area contributed by atoms with Crippen LogP contribution in [0.5, 0.6) is 5.75 Å². The molecule has 2 fully saturated rings. The molecule has 144 valence electrons. The smallest absolute Gasteiger partial charge is 0.123 e. The van der Waals surface area contributed by atoms with Gasteiger partial charge in [0.25, 0.3) is 0 Å². The molecule has 4 heteroatoms. The molecule has 0 saturated carbocycles. The first-order valence-corrected chi connectivity index (χ1v) is 10.4. The number of benzene rings is 1. The van der Waals surface area contributed by atoms with E-state index in [1.165, 1.54) is 43.5 Å². The van der Waals surface area contributed by atoms with Crippen LogP contribution in [0.4, 0.5) is 0 Å². The van der Waals surface area contributed by atoms with Crippen LogP contribution in [0.2, 0.25) is 0 Å². The van der Waals surface area contributed by atoms with E-state index < -0.39 is 0 Å². The van der Waals surface area contributed by atoms with Gasteiger partial charge >= 0.3 is 0 Å². The Bertz CT molecular complexity index is 617. The zero-order valence-electron chi connectivity index (χ0n) is 16.5. The van der Waals surface area contributed by atoms with E-state index in [0.717, 1.165) is 51.3 Å². The van der Waals surface area contributed by atoms with E-state index in [0.29, 0.717) is 5.54 Å². The summed E-state index contributed by atoms with van der Waals surface area (Å²) >= 11 is 0. The number of hydrogen-bond acceptors (Lipinski definition) is 4. The average Bonchev–Trinajstić information content (AvgIpc) is 2.96. The Kier molecular flexibility index (Phi) is 5.27. The molecule has 0 aliphatic carbocycles. The molecule has 3 heterocycles. The lowest BCUT2D eigenvalue weighted by Crippen LogP contribution is -2.59. The normalized spacial score (nSPS) is 24.8. The molecule has 0 radical (unpaired) electrons. The van der Waals surface area contributed by atoms with Crippen molar-refractivity contribution in [1.82, 2.24) is 10.2 Å². The van der Waals surface area contributed by atoms with Crippen molar-refractivity contribution < 1.29 is 9.47 Å². The fourth-order valence-corrected chi connectivity index (χ4v) is 4.94. The number of ether oxygens (including phenoxy) is 2.